The first-order valence-electron chi connectivity index (χ1n) is 42.8. The Balaban J connectivity index is 0.000000740. The van der Waals surface area contributed by atoms with E-state index in [1.165, 1.54) is 0 Å². The standard InChI is InChI=1S/C44H70O11.C44H70O10.CH4/c1-3-5-15-21-33(37-31-41(49)54-43(37)51)27-29-35(23-17-11-7-9-13-19-25-39(45)46)53-36(24-18-12-8-10-14-20-26-40(47)48)30-28-34(22-16-6-4-2)38-32-42(50)55-44(38)52;1-3-5-7-15-23-35(37-31-41(49)53-43(37)51)29-27-33(21-17-11-9-13-19-25-39(45)46)34(22-18-12-10-14-20-26-40(47)48)28-30-36(24-16-8-6-4-2)38-32-42(50)54-44(38)52;/h27-30,33-38H,3-26,31-32H2,1-2H3,(H,45,46)(H,47,48);27-30,33-38H,3-26,31-32H2,1-2H3,(H,45,46)(H,47,48);1H4/b2*29-27+,30-28+;. The van der Waals surface area contributed by atoms with Crippen molar-refractivity contribution in [1.29, 1.82) is 0 Å². The average Bonchev–Trinajstić information content (AvgIpc) is 1.71. The van der Waals surface area contributed by atoms with E-state index in [-0.39, 0.29) is 107 Å². The van der Waals surface area contributed by atoms with Crippen molar-refractivity contribution in [3.05, 3.63) is 48.6 Å². The van der Waals surface area contributed by atoms with Gasteiger partial charge in [0.2, 0.25) is 0 Å². The first-order valence-corrected chi connectivity index (χ1v) is 42.8. The molecule has 0 bridgehead atoms. The highest BCUT2D eigenvalue weighted by Crippen LogP contribution is 2.38. The van der Waals surface area contributed by atoms with Gasteiger partial charge in [-0.1, -0.05) is 289 Å². The second-order valence-electron chi connectivity index (χ2n) is 31.3. The third kappa shape index (κ3) is 45.8. The van der Waals surface area contributed by atoms with E-state index < -0.39 is 95.3 Å². The Morgan fingerprint density at radius 2 is 0.491 bits per heavy atom. The number of hydrogen-bond acceptors (Lipinski definition) is 17. The van der Waals surface area contributed by atoms with Crippen molar-refractivity contribution in [3.8, 4) is 0 Å². The van der Waals surface area contributed by atoms with Crippen LogP contribution in [0.15, 0.2) is 48.6 Å². The molecule has 0 aromatic carbocycles. The van der Waals surface area contributed by atoms with E-state index in [0.717, 1.165) is 257 Å². The van der Waals surface area contributed by atoms with Gasteiger partial charge in [0.1, 0.15) is 0 Å². The van der Waals surface area contributed by atoms with Gasteiger partial charge in [0.05, 0.1) is 61.6 Å². The summed E-state index contributed by atoms with van der Waals surface area (Å²) in [7, 11) is 0. The zero-order valence-electron chi connectivity index (χ0n) is 67.0. The molecule has 0 aliphatic carbocycles. The van der Waals surface area contributed by atoms with Gasteiger partial charge in [0, 0.05) is 25.7 Å². The molecule has 0 aromatic rings. The summed E-state index contributed by atoms with van der Waals surface area (Å²) in [5, 5.41) is 35.9. The van der Waals surface area contributed by atoms with Crippen molar-refractivity contribution < 1.29 is 102 Å². The number of allylic oxidation sites excluding steroid dienone is 6. The van der Waals surface area contributed by atoms with Crippen LogP contribution in [0.1, 0.15) is 369 Å². The molecule has 21 nitrogen and oxygen atoms in total. The van der Waals surface area contributed by atoms with Gasteiger partial charge >= 0.3 is 71.6 Å². The molecular formula is C89H144O21. The zero-order chi connectivity index (χ0) is 79.8. The van der Waals surface area contributed by atoms with Crippen LogP contribution in [0.25, 0.3) is 0 Å². The van der Waals surface area contributed by atoms with Crippen LogP contribution in [-0.2, 0) is 81.2 Å². The van der Waals surface area contributed by atoms with Crippen LogP contribution in [0.2, 0.25) is 0 Å². The fourth-order valence-electron chi connectivity index (χ4n) is 15.6. The number of carboxylic acid groups (broad SMARTS) is 4. The third-order valence-corrected chi connectivity index (χ3v) is 22.1. The summed E-state index contributed by atoms with van der Waals surface area (Å²) in [5.41, 5.74) is 0. The number of rotatable bonds is 67. The number of hydrogen-bond donors (Lipinski definition) is 4. The minimum Gasteiger partial charge on any atom is -0.481 e. The largest absolute Gasteiger partial charge is 0.481 e. The van der Waals surface area contributed by atoms with Gasteiger partial charge in [-0.05, 0) is 113 Å². The van der Waals surface area contributed by atoms with E-state index in [1.807, 2.05) is 0 Å². The van der Waals surface area contributed by atoms with E-state index in [4.69, 9.17) is 44.1 Å². The molecule has 110 heavy (non-hydrogen) atoms. The van der Waals surface area contributed by atoms with Crippen LogP contribution in [0.3, 0.4) is 0 Å². The molecule has 0 spiro atoms. The van der Waals surface area contributed by atoms with Crippen molar-refractivity contribution in [2.24, 2.45) is 59.2 Å². The first kappa shape index (κ1) is 99.4. The van der Waals surface area contributed by atoms with Crippen LogP contribution >= 0.6 is 0 Å². The molecule has 12 atom stereocenters. The van der Waals surface area contributed by atoms with Gasteiger partial charge in [-0.3, -0.25) is 57.5 Å². The lowest BCUT2D eigenvalue weighted by Crippen LogP contribution is -2.23. The molecule has 0 amide bonds. The van der Waals surface area contributed by atoms with Crippen LogP contribution in [-0.4, -0.2) is 104 Å². The maximum atomic E-state index is 12.8. The number of cyclic esters (lactones) is 8. The van der Waals surface area contributed by atoms with Crippen LogP contribution in [0.4, 0.5) is 0 Å². The molecule has 12 unspecified atom stereocenters. The Labute approximate surface area is 659 Å². The number of aliphatic carboxylic acids is 4. The topological polar surface area (TPSA) is 332 Å². The summed E-state index contributed by atoms with van der Waals surface area (Å²) < 4.78 is 26.8. The van der Waals surface area contributed by atoms with Gasteiger partial charge in [-0.25, -0.2) is 0 Å². The maximum absolute atomic E-state index is 12.8. The van der Waals surface area contributed by atoms with E-state index in [9.17, 15) is 57.5 Å². The zero-order valence-corrected chi connectivity index (χ0v) is 67.0. The first-order chi connectivity index (χ1) is 52.6. The van der Waals surface area contributed by atoms with Crippen molar-refractivity contribution >= 4 is 71.6 Å². The fraction of sp³-hybridized carbons (Fsp3) is 0.775. The number of ether oxygens (including phenoxy) is 5. The van der Waals surface area contributed by atoms with E-state index in [1.54, 1.807) is 0 Å². The Kier molecular flexibility index (Phi) is 55.9. The smallest absolute Gasteiger partial charge is 0.317 e. The molecule has 4 aliphatic rings. The number of carboxylic acids is 4. The quantitative estimate of drug-likeness (QED) is 0.0144. The van der Waals surface area contributed by atoms with Gasteiger partial charge in [0.25, 0.3) is 0 Å². The summed E-state index contributed by atoms with van der Waals surface area (Å²) in [4.78, 5) is 143. The Bertz CT molecular complexity index is 2620. The molecule has 4 N–H and O–H groups in total. The second kappa shape index (κ2) is 61.9. The highest BCUT2D eigenvalue weighted by Gasteiger charge is 2.42. The van der Waals surface area contributed by atoms with Crippen LogP contribution < -0.4 is 0 Å². The molecule has 0 aromatic heterocycles. The summed E-state index contributed by atoms with van der Waals surface area (Å²) in [6.07, 6.45) is 58.2. The lowest BCUT2D eigenvalue weighted by Gasteiger charge is -2.25. The van der Waals surface area contributed by atoms with E-state index >= 15 is 0 Å². The normalized spacial score (nSPS) is 19.5. The van der Waals surface area contributed by atoms with Crippen molar-refractivity contribution in [2.75, 3.05) is 0 Å². The van der Waals surface area contributed by atoms with Crippen LogP contribution in [0, 0.1) is 59.2 Å². The highest BCUT2D eigenvalue weighted by molar-refractivity contribution is 5.96. The molecule has 4 fully saturated rings. The van der Waals surface area contributed by atoms with Gasteiger partial charge in [-0.15, -0.1) is 0 Å². The minimum absolute atomic E-state index is 0. The predicted octanol–water partition coefficient (Wildman–Crippen LogP) is 20.8. The third-order valence-electron chi connectivity index (χ3n) is 22.1. The van der Waals surface area contributed by atoms with Gasteiger partial charge in [-0.2, -0.15) is 0 Å². The molecule has 0 saturated carbocycles. The lowest BCUT2D eigenvalue weighted by atomic mass is 9.79. The monoisotopic (exact) mass is 1550 g/mol. The summed E-state index contributed by atoms with van der Waals surface area (Å²) in [6, 6.07) is 0. The predicted molar refractivity (Wildman–Crippen MR) is 425 cm³/mol. The molecule has 4 heterocycles. The van der Waals surface area contributed by atoms with Crippen molar-refractivity contribution in [3.63, 3.8) is 0 Å². The number of unbranched alkanes of at least 4 members (excludes halogenated alkanes) is 28. The molecule has 4 rings (SSSR count). The van der Waals surface area contributed by atoms with Gasteiger partial charge < -0.3 is 44.1 Å². The molecule has 626 valence electrons. The Morgan fingerprint density at radius 1 is 0.291 bits per heavy atom. The second-order valence-corrected chi connectivity index (χ2v) is 31.3. The van der Waals surface area contributed by atoms with Crippen LogP contribution in [0.5, 0.6) is 0 Å². The Hall–Kier alpha value is -6.64. The molecule has 0 radical (unpaired) electrons. The molecule has 21 heteroatoms. The molecule has 4 saturated heterocycles. The number of carbonyl (C=O) groups is 12. The van der Waals surface area contributed by atoms with Crippen molar-refractivity contribution in [2.45, 2.75) is 381 Å². The lowest BCUT2D eigenvalue weighted by molar-refractivity contribution is -0.155. The Morgan fingerprint density at radius 3 is 0.727 bits per heavy atom. The highest BCUT2D eigenvalue weighted by atomic mass is 16.6. The molecular weight excluding hydrogens is 1400 g/mol. The average molecular weight is 1550 g/mol. The summed E-state index contributed by atoms with van der Waals surface area (Å²) in [6.45, 7) is 8.58. The van der Waals surface area contributed by atoms with E-state index in [2.05, 4.69) is 76.3 Å². The maximum Gasteiger partial charge on any atom is 0.317 e. The SMILES string of the molecule is C.CCCCCC(/C=C/C(CCCCCCCCC(=O)O)OC(/C=C/C(CCCCC)C1CC(=O)OC1=O)CCCCCCCCC(=O)O)C1CC(=O)OC1=O.CCCCCCC(/C=C/C(CCCCCCCC(=O)O)C(/C=C/C(CCCCCC)C1CC(=O)OC1=O)CCCCCCCC(=O)O)C1CC(=O)OC1=O. The van der Waals surface area contributed by atoms with E-state index in [0.29, 0.717) is 25.7 Å². The number of esters is 8. The summed E-state index contributed by atoms with van der Waals surface area (Å²) in [5.74, 6) is -8.99. The fourth-order valence-corrected chi connectivity index (χ4v) is 15.6. The van der Waals surface area contributed by atoms with Gasteiger partial charge in [0.15, 0.2) is 0 Å². The number of carbonyl (C=O) groups excluding carboxylic acids is 8. The van der Waals surface area contributed by atoms with Crippen molar-refractivity contribution in [1.82, 2.24) is 0 Å². The minimum atomic E-state index is -0.771. The molecule has 4 aliphatic heterocycles. The summed E-state index contributed by atoms with van der Waals surface area (Å²) >= 11 is 0.